The summed E-state index contributed by atoms with van der Waals surface area (Å²) in [6.07, 6.45) is 5.39. The lowest BCUT2D eigenvalue weighted by Crippen LogP contribution is -2.34. The number of hydrogen-bond acceptors (Lipinski definition) is 4. The molecule has 0 radical (unpaired) electrons. The molecule has 2 heterocycles. The Hall–Kier alpha value is -0.870. The molecule has 1 unspecified atom stereocenters. The average Bonchev–Trinajstić information content (AvgIpc) is 2.87. The van der Waals surface area contributed by atoms with Crippen molar-refractivity contribution in [1.82, 2.24) is 15.2 Å². The zero-order valence-electron chi connectivity index (χ0n) is 11.8. The third-order valence-electron chi connectivity index (χ3n) is 4.05. The molecule has 0 aliphatic carbocycles. The Balaban J connectivity index is 1.85. The molecule has 1 aromatic heterocycles. The summed E-state index contributed by atoms with van der Waals surface area (Å²) >= 11 is 0. The standard InChI is InChI=1S/C14H25N3O/c1-4-17-7-5-12(6-8-17)9-14-16-10-13(18-14)11(2)15-3/h10-12,15H,4-9H2,1-3H3. The third-order valence-corrected chi connectivity index (χ3v) is 4.05. The van der Waals surface area contributed by atoms with E-state index in [9.17, 15) is 0 Å². The van der Waals surface area contributed by atoms with Crippen LogP contribution in [0.5, 0.6) is 0 Å². The Morgan fingerprint density at radius 3 is 2.83 bits per heavy atom. The molecule has 1 N–H and O–H groups in total. The van der Waals surface area contributed by atoms with Crippen LogP contribution in [0, 0.1) is 5.92 Å². The summed E-state index contributed by atoms with van der Waals surface area (Å²) in [5.41, 5.74) is 0. The van der Waals surface area contributed by atoms with Gasteiger partial charge in [-0.1, -0.05) is 6.92 Å². The van der Waals surface area contributed by atoms with Crippen LogP contribution in [0.4, 0.5) is 0 Å². The van der Waals surface area contributed by atoms with E-state index < -0.39 is 0 Å². The fourth-order valence-corrected chi connectivity index (χ4v) is 2.51. The predicted octanol–water partition coefficient (Wildman–Crippen LogP) is 2.23. The van der Waals surface area contributed by atoms with Crippen LogP contribution >= 0.6 is 0 Å². The second kappa shape index (κ2) is 6.34. The van der Waals surface area contributed by atoms with E-state index in [1.54, 1.807) is 0 Å². The summed E-state index contributed by atoms with van der Waals surface area (Å²) in [4.78, 5) is 6.91. The van der Waals surface area contributed by atoms with Gasteiger partial charge in [-0.3, -0.25) is 0 Å². The smallest absolute Gasteiger partial charge is 0.194 e. The first-order chi connectivity index (χ1) is 8.72. The van der Waals surface area contributed by atoms with Crippen molar-refractivity contribution in [3.05, 3.63) is 17.8 Å². The maximum Gasteiger partial charge on any atom is 0.194 e. The van der Waals surface area contributed by atoms with Crippen LogP contribution in [0.1, 0.15) is 44.4 Å². The van der Waals surface area contributed by atoms with Gasteiger partial charge in [-0.05, 0) is 52.4 Å². The van der Waals surface area contributed by atoms with Crippen molar-refractivity contribution in [2.75, 3.05) is 26.7 Å². The maximum absolute atomic E-state index is 5.81. The van der Waals surface area contributed by atoms with Gasteiger partial charge in [0.1, 0.15) is 5.76 Å². The number of nitrogens with one attached hydrogen (secondary N) is 1. The molecule has 0 aromatic carbocycles. The molecular formula is C14H25N3O. The minimum atomic E-state index is 0.244. The second-order valence-electron chi connectivity index (χ2n) is 5.25. The summed E-state index contributed by atoms with van der Waals surface area (Å²) in [5, 5.41) is 3.17. The summed E-state index contributed by atoms with van der Waals surface area (Å²) in [5.74, 6) is 2.59. The molecule has 4 nitrogen and oxygen atoms in total. The summed E-state index contributed by atoms with van der Waals surface area (Å²) in [7, 11) is 1.94. The van der Waals surface area contributed by atoms with Gasteiger partial charge in [0.2, 0.25) is 0 Å². The minimum Gasteiger partial charge on any atom is -0.444 e. The zero-order chi connectivity index (χ0) is 13.0. The summed E-state index contributed by atoms with van der Waals surface area (Å²) < 4.78 is 5.81. The van der Waals surface area contributed by atoms with Crippen molar-refractivity contribution in [2.24, 2.45) is 5.92 Å². The van der Waals surface area contributed by atoms with Crippen LogP contribution in [0.25, 0.3) is 0 Å². The number of oxazole rings is 1. The van der Waals surface area contributed by atoms with Gasteiger partial charge in [-0.25, -0.2) is 4.98 Å². The molecule has 2 rings (SSSR count). The van der Waals surface area contributed by atoms with E-state index in [1.807, 2.05) is 13.2 Å². The van der Waals surface area contributed by atoms with Crippen molar-refractivity contribution in [3.63, 3.8) is 0 Å². The summed E-state index contributed by atoms with van der Waals surface area (Å²) in [6.45, 7) is 7.95. The number of piperidine rings is 1. The van der Waals surface area contributed by atoms with E-state index in [2.05, 4.69) is 29.0 Å². The number of hydrogen-bond donors (Lipinski definition) is 1. The molecule has 0 spiro atoms. The molecule has 1 fully saturated rings. The van der Waals surface area contributed by atoms with Gasteiger partial charge in [-0.2, -0.15) is 0 Å². The lowest BCUT2D eigenvalue weighted by Gasteiger charge is -2.30. The van der Waals surface area contributed by atoms with Crippen LogP contribution in [0.3, 0.4) is 0 Å². The fourth-order valence-electron chi connectivity index (χ4n) is 2.51. The van der Waals surface area contributed by atoms with E-state index in [4.69, 9.17) is 4.42 Å². The number of nitrogens with zero attached hydrogens (tertiary/aromatic N) is 2. The van der Waals surface area contributed by atoms with Crippen LogP contribution in [-0.4, -0.2) is 36.6 Å². The first kappa shape index (κ1) is 13.6. The Kier molecular flexibility index (Phi) is 4.78. The average molecular weight is 251 g/mol. The lowest BCUT2D eigenvalue weighted by atomic mass is 9.93. The van der Waals surface area contributed by atoms with Gasteiger partial charge in [0.05, 0.1) is 12.2 Å². The molecule has 4 heteroatoms. The van der Waals surface area contributed by atoms with E-state index in [-0.39, 0.29) is 6.04 Å². The monoisotopic (exact) mass is 251 g/mol. The minimum absolute atomic E-state index is 0.244. The molecule has 102 valence electrons. The highest BCUT2D eigenvalue weighted by atomic mass is 16.4. The predicted molar refractivity (Wildman–Crippen MR) is 72.5 cm³/mol. The van der Waals surface area contributed by atoms with Crippen molar-refractivity contribution >= 4 is 0 Å². The Bertz CT molecular complexity index is 356. The highest BCUT2D eigenvalue weighted by Crippen LogP contribution is 2.22. The normalized spacial score (nSPS) is 20.2. The van der Waals surface area contributed by atoms with Gasteiger partial charge < -0.3 is 14.6 Å². The summed E-state index contributed by atoms with van der Waals surface area (Å²) in [6, 6.07) is 0.244. The number of likely N-dealkylation sites (tertiary alicyclic amines) is 1. The highest BCUT2D eigenvalue weighted by Gasteiger charge is 2.20. The van der Waals surface area contributed by atoms with E-state index in [0.717, 1.165) is 24.0 Å². The van der Waals surface area contributed by atoms with E-state index in [1.165, 1.54) is 32.5 Å². The van der Waals surface area contributed by atoms with Gasteiger partial charge in [0.15, 0.2) is 5.89 Å². The van der Waals surface area contributed by atoms with Crippen molar-refractivity contribution in [1.29, 1.82) is 0 Å². The third kappa shape index (κ3) is 3.33. The molecule has 1 aliphatic rings. The first-order valence-electron chi connectivity index (χ1n) is 7.07. The van der Waals surface area contributed by atoms with E-state index >= 15 is 0 Å². The van der Waals surface area contributed by atoms with Crippen LogP contribution in [0.15, 0.2) is 10.6 Å². The Morgan fingerprint density at radius 2 is 2.22 bits per heavy atom. The molecule has 0 amide bonds. The van der Waals surface area contributed by atoms with Crippen LogP contribution in [0.2, 0.25) is 0 Å². The van der Waals surface area contributed by atoms with Gasteiger partial charge in [0, 0.05) is 6.42 Å². The molecule has 1 saturated heterocycles. The molecule has 1 atom stereocenters. The number of aromatic nitrogens is 1. The first-order valence-corrected chi connectivity index (χ1v) is 7.07. The molecule has 0 bridgehead atoms. The number of rotatable bonds is 5. The second-order valence-corrected chi connectivity index (χ2v) is 5.25. The fraction of sp³-hybridized carbons (Fsp3) is 0.786. The maximum atomic E-state index is 5.81. The van der Waals surface area contributed by atoms with Crippen molar-refractivity contribution < 1.29 is 4.42 Å². The van der Waals surface area contributed by atoms with E-state index in [0.29, 0.717) is 0 Å². The van der Waals surface area contributed by atoms with Crippen molar-refractivity contribution in [3.8, 4) is 0 Å². The molecule has 18 heavy (non-hydrogen) atoms. The van der Waals surface area contributed by atoms with Gasteiger partial charge in [-0.15, -0.1) is 0 Å². The largest absolute Gasteiger partial charge is 0.444 e. The zero-order valence-corrected chi connectivity index (χ0v) is 11.8. The SMILES string of the molecule is CCN1CCC(Cc2ncc(C(C)NC)o2)CC1. The van der Waals surface area contributed by atoms with Crippen molar-refractivity contribution in [2.45, 2.75) is 39.2 Å². The highest BCUT2D eigenvalue weighted by molar-refractivity contribution is 5.00. The molecule has 0 saturated carbocycles. The molecular weight excluding hydrogens is 226 g/mol. The van der Waals surface area contributed by atoms with Crippen LogP contribution in [-0.2, 0) is 6.42 Å². The lowest BCUT2D eigenvalue weighted by molar-refractivity contribution is 0.186. The van der Waals surface area contributed by atoms with Crippen LogP contribution < -0.4 is 5.32 Å². The molecule has 1 aromatic rings. The quantitative estimate of drug-likeness (QED) is 0.871. The van der Waals surface area contributed by atoms with Gasteiger partial charge in [0.25, 0.3) is 0 Å². The molecule has 1 aliphatic heterocycles. The van der Waals surface area contributed by atoms with Gasteiger partial charge >= 0.3 is 0 Å². The Labute approximate surface area is 110 Å². The Morgan fingerprint density at radius 1 is 1.50 bits per heavy atom. The topological polar surface area (TPSA) is 41.3 Å².